The number of carbonyl (C=O) groups is 1. The van der Waals surface area contributed by atoms with Crippen molar-refractivity contribution in [3.8, 4) is 11.8 Å². The van der Waals surface area contributed by atoms with Gasteiger partial charge in [-0.15, -0.1) is 0 Å². The number of ether oxygens (including phenoxy) is 2. The Balaban J connectivity index is 1.66. The van der Waals surface area contributed by atoms with Crippen LogP contribution in [-0.4, -0.2) is 52.0 Å². The van der Waals surface area contributed by atoms with Crippen LogP contribution in [0.2, 0.25) is 0 Å². The zero-order valence-corrected chi connectivity index (χ0v) is 14.9. The summed E-state index contributed by atoms with van der Waals surface area (Å²) < 4.78 is 11.0. The summed E-state index contributed by atoms with van der Waals surface area (Å²) in [6.07, 6.45) is 4.32. The van der Waals surface area contributed by atoms with Crippen molar-refractivity contribution in [1.82, 2.24) is 14.9 Å². The van der Waals surface area contributed by atoms with E-state index in [1.807, 2.05) is 0 Å². The van der Waals surface area contributed by atoms with Gasteiger partial charge in [0.15, 0.2) is 0 Å². The lowest BCUT2D eigenvalue weighted by Gasteiger charge is -2.32. The van der Waals surface area contributed by atoms with Gasteiger partial charge in [0.05, 0.1) is 25.0 Å². The third-order valence-electron chi connectivity index (χ3n) is 4.37. The third-order valence-corrected chi connectivity index (χ3v) is 4.37. The van der Waals surface area contributed by atoms with Crippen molar-refractivity contribution in [3.05, 3.63) is 52.3 Å². The van der Waals surface area contributed by atoms with Gasteiger partial charge in [-0.3, -0.25) is 14.9 Å². The quantitative estimate of drug-likeness (QED) is 0.564. The number of hydrogen-bond acceptors (Lipinski definition) is 7. The standard InChI is InChI=1S/C18H20N4O5/c1-26-17-18(20-9-8-19-17)27-14-6-4-10-21(12-14)16(23)11-13-5-2-3-7-15(13)22(24)25/h2-3,5,7-9,14H,4,6,10-12H2,1H3. The predicted molar refractivity (Wildman–Crippen MR) is 95.6 cm³/mol. The van der Waals surface area contributed by atoms with Crippen LogP contribution < -0.4 is 9.47 Å². The number of rotatable bonds is 6. The molecular weight excluding hydrogens is 352 g/mol. The van der Waals surface area contributed by atoms with Gasteiger partial charge in [-0.1, -0.05) is 18.2 Å². The van der Waals surface area contributed by atoms with Crippen LogP contribution in [0.4, 0.5) is 5.69 Å². The van der Waals surface area contributed by atoms with Gasteiger partial charge in [-0.2, -0.15) is 0 Å². The third kappa shape index (κ3) is 4.49. The van der Waals surface area contributed by atoms with Gasteiger partial charge < -0.3 is 14.4 Å². The Morgan fingerprint density at radius 3 is 2.78 bits per heavy atom. The van der Waals surface area contributed by atoms with Crippen molar-refractivity contribution in [2.45, 2.75) is 25.4 Å². The van der Waals surface area contributed by atoms with E-state index in [1.54, 1.807) is 23.1 Å². The number of aromatic nitrogens is 2. The maximum absolute atomic E-state index is 12.7. The van der Waals surface area contributed by atoms with E-state index < -0.39 is 4.92 Å². The fourth-order valence-electron chi connectivity index (χ4n) is 3.07. The molecule has 9 heteroatoms. The summed E-state index contributed by atoms with van der Waals surface area (Å²) in [4.78, 5) is 33.2. The fourth-order valence-corrected chi connectivity index (χ4v) is 3.07. The maximum Gasteiger partial charge on any atom is 0.278 e. The summed E-state index contributed by atoms with van der Waals surface area (Å²) in [7, 11) is 1.49. The molecule has 1 aliphatic heterocycles. The first-order valence-corrected chi connectivity index (χ1v) is 8.60. The lowest BCUT2D eigenvalue weighted by atomic mass is 10.1. The molecule has 27 heavy (non-hydrogen) atoms. The van der Waals surface area contributed by atoms with Crippen LogP contribution in [-0.2, 0) is 11.2 Å². The number of benzene rings is 1. The van der Waals surface area contributed by atoms with E-state index in [0.717, 1.165) is 12.8 Å². The van der Waals surface area contributed by atoms with E-state index >= 15 is 0 Å². The summed E-state index contributed by atoms with van der Waals surface area (Å²) in [5.74, 6) is 0.419. The highest BCUT2D eigenvalue weighted by atomic mass is 16.6. The second-order valence-corrected chi connectivity index (χ2v) is 6.16. The highest BCUT2D eigenvalue weighted by Crippen LogP contribution is 2.25. The molecule has 142 valence electrons. The van der Waals surface area contributed by atoms with Crippen LogP contribution in [0.3, 0.4) is 0 Å². The monoisotopic (exact) mass is 372 g/mol. The fraction of sp³-hybridized carbons (Fsp3) is 0.389. The van der Waals surface area contributed by atoms with Crippen molar-refractivity contribution in [1.29, 1.82) is 0 Å². The van der Waals surface area contributed by atoms with E-state index in [1.165, 1.54) is 25.6 Å². The molecule has 9 nitrogen and oxygen atoms in total. The van der Waals surface area contributed by atoms with E-state index in [4.69, 9.17) is 9.47 Å². The van der Waals surface area contributed by atoms with E-state index in [-0.39, 0.29) is 30.0 Å². The number of methoxy groups -OCH3 is 1. The molecule has 1 aliphatic rings. The smallest absolute Gasteiger partial charge is 0.278 e. The molecule has 1 aromatic carbocycles. The molecule has 0 N–H and O–H groups in total. The summed E-state index contributed by atoms with van der Waals surface area (Å²) in [5.41, 5.74) is 0.367. The van der Waals surface area contributed by atoms with Gasteiger partial charge >= 0.3 is 0 Å². The molecule has 1 unspecified atom stereocenters. The number of piperidine rings is 1. The average Bonchev–Trinajstić information content (AvgIpc) is 2.69. The van der Waals surface area contributed by atoms with Crippen molar-refractivity contribution in [3.63, 3.8) is 0 Å². The second-order valence-electron chi connectivity index (χ2n) is 6.16. The zero-order chi connectivity index (χ0) is 19.2. The summed E-state index contributed by atoms with van der Waals surface area (Å²) >= 11 is 0. The normalized spacial score (nSPS) is 16.6. The van der Waals surface area contributed by atoms with Gasteiger partial charge in [0, 0.05) is 30.6 Å². The molecule has 1 atom stereocenters. The average molecular weight is 372 g/mol. The first kappa shape index (κ1) is 18.6. The Bertz CT molecular complexity index is 829. The van der Waals surface area contributed by atoms with Crippen molar-refractivity contribution >= 4 is 11.6 Å². The van der Waals surface area contributed by atoms with Gasteiger partial charge in [-0.05, 0) is 12.8 Å². The minimum Gasteiger partial charge on any atom is -0.477 e. The highest BCUT2D eigenvalue weighted by molar-refractivity contribution is 5.80. The van der Waals surface area contributed by atoms with Crippen molar-refractivity contribution in [2.24, 2.45) is 0 Å². The van der Waals surface area contributed by atoms with Crippen LogP contribution >= 0.6 is 0 Å². The van der Waals surface area contributed by atoms with E-state index in [9.17, 15) is 14.9 Å². The van der Waals surface area contributed by atoms with Crippen LogP contribution in [0.1, 0.15) is 18.4 Å². The molecule has 1 aromatic heterocycles. The molecule has 1 fully saturated rings. The number of nitro groups is 1. The molecule has 1 saturated heterocycles. The summed E-state index contributed by atoms with van der Waals surface area (Å²) in [6, 6.07) is 6.30. The molecular formula is C18H20N4O5. The van der Waals surface area contributed by atoms with Crippen LogP contribution in [0, 0.1) is 10.1 Å². The number of nitro benzene ring substituents is 1. The van der Waals surface area contributed by atoms with Crippen LogP contribution in [0.25, 0.3) is 0 Å². The predicted octanol–water partition coefficient (Wildman–Crippen LogP) is 2.01. The Labute approximate surface area is 156 Å². The Hall–Kier alpha value is -3.23. The minimum absolute atomic E-state index is 0.0155. The number of nitrogens with zero attached hydrogens (tertiary/aromatic N) is 4. The maximum atomic E-state index is 12.7. The lowest BCUT2D eigenvalue weighted by Crippen LogP contribution is -2.45. The molecule has 0 aliphatic carbocycles. The SMILES string of the molecule is COc1nccnc1OC1CCCN(C(=O)Cc2ccccc2[N+](=O)[O-])C1. The Morgan fingerprint density at radius 2 is 2.04 bits per heavy atom. The molecule has 0 radical (unpaired) electrons. The van der Waals surface area contributed by atoms with Crippen LogP contribution in [0.5, 0.6) is 11.8 Å². The van der Waals surface area contributed by atoms with Gasteiger partial charge in [-0.25, -0.2) is 9.97 Å². The molecule has 0 saturated carbocycles. The summed E-state index contributed by atoms with van der Waals surface area (Å²) in [5, 5.41) is 11.1. The Morgan fingerprint density at radius 1 is 1.30 bits per heavy atom. The van der Waals surface area contributed by atoms with E-state index in [0.29, 0.717) is 24.5 Å². The van der Waals surface area contributed by atoms with Crippen LogP contribution in [0.15, 0.2) is 36.7 Å². The summed E-state index contributed by atoms with van der Waals surface area (Å²) in [6.45, 7) is 0.982. The molecule has 1 amide bonds. The van der Waals surface area contributed by atoms with Gasteiger partial charge in [0.25, 0.3) is 17.4 Å². The number of carbonyl (C=O) groups excluding carboxylic acids is 1. The number of amides is 1. The molecule has 2 aromatic rings. The molecule has 0 bridgehead atoms. The van der Waals surface area contributed by atoms with Crippen molar-refractivity contribution < 1.29 is 19.2 Å². The second kappa shape index (κ2) is 8.43. The topological polar surface area (TPSA) is 108 Å². The first-order chi connectivity index (χ1) is 13.1. The lowest BCUT2D eigenvalue weighted by molar-refractivity contribution is -0.385. The minimum atomic E-state index is -0.467. The number of likely N-dealkylation sites (tertiary alicyclic amines) is 1. The molecule has 3 rings (SSSR count). The van der Waals surface area contributed by atoms with Gasteiger partial charge in [0.1, 0.15) is 6.10 Å². The zero-order valence-electron chi connectivity index (χ0n) is 14.9. The highest BCUT2D eigenvalue weighted by Gasteiger charge is 2.27. The van der Waals surface area contributed by atoms with Gasteiger partial charge in [0.2, 0.25) is 5.91 Å². The van der Waals surface area contributed by atoms with E-state index in [2.05, 4.69) is 9.97 Å². The number of para-hydroxylation sites is 1. The first-order valence-electron chi connectivity index (χ1n) is 8.60. The Kier molecular flexibility index (Phi) is 5.80. The molecule has 0 spiro atoms. The van der Waals surface area contributed by atoms with Crippen molar-refractivity contribution in [2.75, 3.05) is 20.2 Å². The number of hydrogen-bond donors (Lipinski definition) is 0. The molecule has 2 heterocycles. The largest absolute Gasteiger partial charge is 0.477 e.